The Bertz CT molecular complexity index is 295. The van der Waals surface area contributed by atoms with Crippen LogP contribution < -0.4 is 5.32 Å². The Morgan fingerprint density at radius 3 is 2.57 bits per heavy atom. The minimum Gasteiger partial charge on any atom is -0.319 e. The summed E-state index contributed by atoms with van der Waals surface area (Å²) in [5, 5.41) is 3.48. The normalized spacial score (nSPS) is 32.7. The van der Waals surface area contributed by atoms with Gasteiger partial charge in [0.15, 0.2) is 0 Å². The molecular weight excluding hydrogens is 258 g/mol. The quantitative estimate of drug-likeness (QED) is 0.813. The van der Waals surface area contributed by atoms with Crippen molar-refractivity contribution in [3.63, 3.8) is 0 Å². The minimum atomic E-state index is 0.520. The molecule has 1 aliphatic heterocycles. The standard InChI is InChI=1S/C18H37N3/c1-16-6-5-9-18(12-16,14-19-2)15-21(4)13-17-7-10-20(3)11-8-17/h16-17,19H,5-15H2,1-4H3. The van der Waals surface area contributed by atoms with Crippen molar-refractivity contribution in [3.05, 3.63) is 0 Å². The van der Waals surface area contributed by atoms with Crippen molar-refractivity contribution in [1.82, 2.24) is 15.1 Å². The average molecular weight is 296 g/mol. The van der Waals surface area contributed by atoms with E-state index >= 15 is 0 Å². The van der Waals surface area contributed by atoms with E-state index in [1.54, 1.807) is 0 Å². The highest BCUT2D eigenvalue weighted by Crippen LogP contribution is 2.39. The molecule has 21 heavy (non-hydrogen) atoms. The van der Waals surface area contributed by atoms with Gasteiger partial charge >= 0.3 is 0 Å². The summed E-state index contributed by atoms with van der Waals surface area (Å²) in [7, 11) is 6.73. The summed E-state index contributed by atoms with van der Waals surface area (Å²) < 4.78 is 0. The van der Waals surface area contributed by atoms with Gasteiger partial charge in [0.25, 0.3) is 0 Å². The zero-order valence-corrected chi connectivity index (χ0v) is 14.8. The third-order valence-corrected chi connectivity index (χ3v) is 5.75. The summed E-state index contributed by atoms with van der Waals surface area (Å²) in [4.78, 5) is 5.12. The van der Waals surface area contributed by atoms with Crippen LogP contribution in [0.5, 0.6) is 0 Å². The van der Waals surface area contributed by atoms with Crippen LogP contribution in [0.15, 0.2) is 0 Å². The Hall–Kier alpha value is -0.120. The Kier molecular flexibility index (Phi) is 6.51. The molecule has 1 heterocycles. The topological polar surface area (TPSA) is 18.5 Å². The van der Waals surface area contributed by atoms with E-state index < -0.39 is 0 Å². The third kappa shape index (κ3) is 5.22. The van der Waals surface area contributed by atoms with Crippen molar-refractivity contribution >= 4 is 0 Å². The Labute approximate surface area is 132 Å². The Morgan fingerprint density at radius 2 is 1.95 bits per heavy atom. The molecule has 0 amide bonds. The van der Waals surface area contributed by atoms with Gasteiger partial charge in [-0.3, -0.25) is 0 Å². The third-order valence-electron chi connectivity index (χ3n) is 5.75. The Balaban J connectivity index is 1.84. The van der Waals surface area contributed by atoms with Gasteiger partial charge in [-0.05, 0) is 77.2 Å². The largest absolute Gasteiger partial charge is 0.319 e. The van der Waals surface area contributed by atoms with Crippen molar-refractivity contribution < 1.29 is 0 Å². The summed E-state index contributed by atoms with van der Waals surface area (Å²) in [6, 6.07) is 0. The molecule has 0 aromatic rings. The summed E-state index contributed by atoms with van der Waals surface area (Å²) >= 11 is 0. The molecule has 0 bridgehead atoms. The predicted octanol–water partition coefficient (Wildman–Crippen LogP) is 2.68. The second-order valence-electron chi connectivity index (χ2n) is 8.18. The van der Waals surface area contributed by atoms with Crippen LogP contribution in [-0.4, -0.2) is 63.7 Å². The van der Waals surface area contributed by atoms with E-state index in [2.05, 4.69) is 43.2 Å². The maximum Gasteiger partial charge on any atom is 0.00473 e. The molecule has 1 aliphatic carbocycles. The molecule has 2 unspecified atom stereocenters. The molecule has 1 saturated heterocycles. The average Bonchev–Trinajstić information content (AvgIpc) is 2.41. The van der Waals surface area contributed by atoms with Crippen molar-refractivity contribution in [2.75, 3.05) is 53.9 Å². The lowest BCUT2D eigenvalue weighted by Gasteiger charge is -2.43. The molecule has 0 aromatic heterocycles. The maximum absolute atomic E-state index is 3.48. The van der Waals surface area contributed by atoms with Crippen molar-refractivity contribution in [2.24, 2.45) is 17.3 Å². The SMILES string of the molecule is CNCC1(CN(C)CC2CCN(C)CC2)CCCC(C)C1. The van der Waals surface area contributed by atoms with Crippen LogP contribution in [0.3, 0.4) is 0 Å². The molecule has 0 aromatic carbocycles. The number of nitrogens with zero attached hydrogens (tertiary/aromatic N) is 2. The van der Waals surface area contributed by atoms with Crippen molar-refractivity contribution in [1.29, 1.82) is 0 Å². The molecule has 0 spiro atoms. The van der Waals surface area contributed by atoms with Crippen molar-refractivity contribution in [3.8, 4) is 0 Å². The summed E-state index contributed by atoms with van der Waals surface area (Å²) in [5.74, 6) is 1.82. The fourth-order valence-electron chi connectivity index (χ4n) is 4.83. The van der Waals surface area contributed by atoms with Gasteiger partial charge in [-0.2, -0.15) is 0 Å². The highest BCUT2D eigenvalue weighted by Gasteiger charge is 2.35. The zero-order valence-electron chi connectivity index (χ0n) is 14.8. The number of likely N-dealkylation sites (tertiary alicyclic amines) is 1. The van der Waals surface area contributed by atoms with Gasteiger partial charge in [0.2, 0.25) is 0 Å². The van der Waals surface area contributed by atoms with E-state index in [1.807, 2.05) is 0 Å². The molecule has 0 radical (unpaired) electrons. The molecule has 124 valence electrons. The predicted molar refractivity (Wildman–Crippen MR) is 91.7 cm³/mol. The molecule has 2 fully saturated rings. The van der Waals surface area contributed by atoms with Crippen LogP contribution in [0.25, 0.3) is 0 Å². The van der Waals surface area contributed by atoms with Crippen LogP contribution in [0.4, 0.5) is 0 Å². The fraction of sp³-hybridized carbons (Fsp3) is 1.00. The van der Waals surface area contributed by atoms with Gasteiger partial charge in [0.1, 0.15) is 0 Å². The number of hydrogen-bond donors (Lipinski definition) is 1. The second-order valence-corrected chi connectivity index (χ2v) is 8.18. The van der Waals surface area contributed by atoms with E-state index in [9.17, 15) is 0 Å². The lowest BCUT2D eigenvalue weighted by molar-refractivity contribution is 0.0788. The van der Waals surface area contributed by atoms with Gasteiger partial charge in [-0.1, -0.05) is 19.8 Å². The van der Waals surface area contributed by atoms with E-state index in [0.717, 1.165) is 11.8 Å². The molecule has 2 atom stereocenters. The first-order valence-electron chi connectivity index (χ1n) is 9.05. The molecule has 2 rings (SSSR count). The summed E-state index contributed by atoms with van der Waals surface area (Å²) in [5.41, 5.74) is 0.520. The second kappa shape index (κ2) is 7.94. The molecule has 3 nitrogen and oxygen atoms in total. The number of rotatable bonds is 6. The first kappa shape index (κ1) is 17.2. The first-order valence-corrected chi connectivity index (χ1v) is 9.05. The van der Waals surface area contributed by atoms with Gasteiger partial charge in [0, 0.05) is 19.6 Å². The number of piperidine rings is 1. The van der Waals surface area contributed by atoms with Crippen LogP contribution in [0.2, 0.25) is 0 Å². The van der Waals surface area contributed by atoms with Crippen molar-refractivity contribution in [2.45, 2.75) is 45.4 Å². The molecular formula is C18H37N3. The van der Waals surface area contributed by atoms with Gasteiger partial charge in [0.05, 0.1) is 0 Å². The number of hydrogen-bond acceptors (Lipinski definition) is 3. The van der Waals surface area contributed by atoms with E-state index in [-0.39, 0.29) is 0 Å². The molecule has 3 heteroatoms. The van der Waals surface area contributed by atoms with Gasteiger partial charge in [-0.25, -0.2) is 0 Å². The van der Waals surface area contributed by atoms with Crippen LogP contribution >= 0.6 is 0 Å². The van der Waals surface area contributed by atoms with Crippen LogP contribution in [-0.2, 0) is 0 Å². The molecule has 2 aliphatic rings. The smallest absolute Gasteiger partial charge is 0.00473 e. The van der Waals surface area contributed by atoms with Crippen LogP contribution in [0.1, 0.15) is 45.4 Å². The zero-order chi connectivity index (χ0) is 15.3. The lowest BCUT2D eigenvalue weighted by atomic mass is 9.69. The summed E-state index contributed by atoms with van der Waals surface area (Å²) in [6.45, 7) is 8.79. The van der Waals surface area contributed by atoms with Crippen LogP contribution in [0, 0.1) is 17.3 Å². The first-order chi connectivity index (χ1) is 10.0. The summed E-state index contributed by atoms with van der Waals surface area (Å²) in [6.07, 6.45) is 8.45. The number of nitrogens with one attached hydrogen (secondary N) is 1. The Morgan fingerprint density at radius 1 is 1.24 bits per heavy atom. The van der Waals surface area contributed by atoms with Gasteiger partial charge in [-0.15, -0.1) is 0 Å². The van der Waals surface area contributed by atoms with E-state index in [4.69, 9.17) is 0 Å². The monoisotopic (exact) mass is 295 g/mol. The fourth-order valence-corrected chi connectivity index (χ4v) is 4.83. The minimum absolute atomic E-state index is 0.520. The molecule has 1 saturated carbocycles. The lowest BCUT2D eigenvalue weighted by Crippen LogP contribution is -2.46. The molecule has 1 N–H and O–H groups in total. The highest BCUT2D eigenvalue weighted by atomic mass is 15.1. The maximum atomic E-state index is 3.48. The van der Waals surface area contributed by atoms with E-state index in [1.165, 1.54) is 71.2 Å². The van der Waals surface area contributed by atoms with Gasteiger partial charge < -0.3 is 15.1 Å². The van der Waals surface area contributed by atoms with E-state index in [0.29, 0.717) is 5.41 Å². The highest BCUT2D eigenvalue weighted by molar-refractivity contribution is 4.89.